The quantitative estimate of drug-likeness (QED) is 0.738. The molecule has 29 heavy (non-hydrogen) atoms. The number of amides is 1. The van der Waals surface area contributed by atoms with E-state index in [0.717, 1.165) is 36.6 Å². The fourth-order valence-corrected chi connectivity index (χ4v) is 3.96. The number of nitrogens with one attached hydrogen (secondary N) is 1. The van der Waals surface area contributed by atoms with Crippen molar-refractivity contribution in [2.24, 2.45) is 5.92 Å². The van der Waals surface area contributed by atoms with Gasteiger partial charge in [-0.05, 0) is 56.7 Å². The van der Waals surface area contributed by atoms with Crippen molar-refractivity contribution in [1.29, 1.82) is 0 Å². The van der Waals surface area contributed by atoms with Gasteiger partial charge in [0.1, 0.15) is 11.2 Å². The molecule has 7 nitrogen and oxygen atoms in total. The van der Waals surface area contributed by atoms with Crippen molar-refractivity contribution < 1.29 is 4.79 Å². The van der Waals surface area contributed by atoms with E-state index in [-0.39, 0.29) is 23.1 Å². The van der Waals surface area contributed by atoms with Gasteiger partial charge in [0.15, 0.2) is 5.82 Å². The molecule has 1 saturated carbocycles. The lowest BCUT2D eigenvalue weighted by atomic mass is 9.87. The molecule has 4 rings (SSSR count). The van der Waals surface area contributed by atoms with E-state index in [1.165, 1.54) is 0 Å². The average molecular weight is 391 g/mol. The number of nitrogens with zero attached hydrogens (tertiary/aromatic N) is 4. The largest absolute Gasteiger partial charge is 0.349 e. The molecule has 0 atom stereocenters. The second-order valence-corrected chi connectivity index (χ2v) is 7.75. The second kappa shape index (κ2) is 8.11. The number of aryl methyl sites for hydroxylation is 1. The van der Waals surface area contributed by atoms with Crippen molar-refractivity contribution >= 4 is 16.9 Å². The van der Waals surface area contributed by atoms with E-state index in [1.54, 1.807) is 35.3 Å². The van der Waals surface area contributed by atoms with Crippen LogP contribution in [0.4, 0.5) is 0 Å². The van der Waals surface area contributed by atoms with Crippen molar-refractivity contribution in [3.63, 3.8) is 0 Å². The predicted octanol–water partition coefficient (Wildman–Crippen LogP) is 3.18. The van der Waals surface area contributed by atoms with Crippen LogP contribution >= 0.6 is 0 Å². The van der Waals surface area contributed by atoms with E-state index in [0.29, 0.717) is 23.9 Å². The Balaban J connectivity index is 1.72. The number of pyridine rings is 2. The summed E-state index contributed by atoms with van der Waals surface area (Å²) in [6.07, 6.45) is 9.12. The highest BCUT2D eigenvalue weighted by molar-refractivity contribution is 5.97. The van der Waals surface area contributed by atoms with Gasteiger partial charge in [-0.15, -0.1) is 0 Å². The Morgan fingerprint density at radius 3 is 2.55 bits per heavy atom. The monoisotopic (exact) mass is 391 g/mol. The predicted molar refractivity (Wildman–Crippen MR) is 112 cm³/mol. The maximum absolute atomic E-state index is 12.9. The average Bonchev–Trinajstić information content (AvgIpc) is 2.75. The van der Waals surface area contributed by atoms with Gasteiger partial charge in [0, 0.05) is 42.1 Å². The van der Waals surface area contributed by atoms with Crippen molar-refractivity contribution in [3.8, 4) is 11.4 Å². The Hall–Kier alpha value is -3.09. The number of carbonyl (C=O) groups excluding carboxylic acids is 1. The van der Waals surface area contributed by atoms with Gasteiger partial charge >= 0.3 is 0 Å². The minimum atomic E-state index is -0.308. The summed E-state index contributed by atoms with van der Waals surface area (Å²) in [6.45, 7) is 4.55. The molecule has 1 fully saturated rings. The summed E-state index contributed by atoms with van der Waals surface area (Å²) in [7, 11) is 0. The van der Waals surface area contributed by atoms with E-state index in [1.807, 2.05) is 13.0 Å². The summed E-state index contributed by atoms with van der Waals surface area (Å²) in [5.74, 6) is 0.948. The van der Waals surface area contributed by atoms with Crippen molar-refractivity contribution in [2.75, 3.05) is 0 Å². The molecule has 1 N–H and O–H groups in total. The molecule has 0 saturated heterocycles. The SMILES string of the molecule is CCn1c(=O)c(C(=O)NC2CCC(C)CC2)cc2cc(-c3ncccn3)cnc21. The fraction of sp³-hybridized carbons (Fsp3) is 0.409. The van der Waals surface area contributed by atoms with Gasteiger partial charge in [-0.25, -0.2) is 15.0 Å². The minimum Gasteiger partial charge on any atom is -0.349 e. The summed E-state index contributed by atoms with van der Waals surface area (Å²) in [4.78, 5) is 38.8. The number of aromatic nitrogens is 4. The van der Waals surface area contributed by atoms with Crippen LogP contribution in [0.5, 0.6) is 0 Å². The van der Waals surface area contributed by atoms with E-state index >= 15 is 0 Å². The fourth-order valence-electron chi connectivity index (χ4n) is 3.96. The molecule has 150 valence electrons. The van der Waals surface area contributed by atoms with Crippen LogP contribution in [0, 0.1) is 5.92 Å². The van der Waals surface area contributed by atoms with Crippen LogP contribution in [0.3, 0.4) is 0 Å². The molecule has 7 heteroatoms. The van der Waals surface area contributed by atoms with Gasteiger partial charge in [0.05, 0.1) is 0 Å². The van der Waals surface area contributed by atoms with Crippen LogP contribution in [-0.2, 0) is 6.54 Å². The smallest absolute Gasteiger partial charge is 0.265 e. The molecule has 0 aromatic carbocycles. The first-order valence-corrected chi connectivity index (χ1v) is 10.2. The molecule has 3 aromatic rings. The summed E-state index contributed by atoms with van der Waals surface area (Å²) >= 11 is 0. The minimum absolute atomic E-state index is 0.131. The number of carbonyl (C=O) groups is 1. The van der Waals surface area contributed by atoms with Crippen molar-refractivity contribution in [2.45, 2.75) is 52.1 Å². The molecule has 1 aliphatic rings. The molecule has 3 aromatic heterocycles. The first-order valence-electron chi connectivity index (χ1n) is 10.2. The molecule has 0 spiro atoms. The third-order valence-corrected chi connectivity index (χ3v) is 5.66. The van der Waals surface area contributed by atoms with Gasteiger partial charge < -0.3 is 5.32 Å². The van der Waals surface area contributed by atoms with Gasteiger partial charge in [-0.1, -0.05) is 6.92 Å². The first-order chi connectivity index (χ1) is 14.1. The van der Waals surface area contributed by atoms with Crippen LogP contribution in [0.25, 0.3) is 22.4 Å². The summed E-state index contributed by atoms with van der Waals surface area (Å²) in [5.41, 5.74) is 1.15. The first kappa shape index (κ1) is 19.2. The zero-order valence-corrected chi connectivity index (χ0v) is 16.8. The maximum atomic E-state index is 12.9. The number of rotatable bonds is 4. The van der Waals surface area contributed by atoms with Gasteiger partial charge in [0.2, 0.25) is 0 Å². The Morgan fingerprint density at radius 1 is 1.14 bits per heavy atom. The number of hydrogen-bond acceptors (Lipinski definition) is 5. The van der Waals surface area contributed by atoms with E-state index in [4.69, 9.17) is 0 Å². The van der Waals surface area contributed by atoms with Gasteiger partial charge in [0.25, 0.3) is 11.5 Å². The van der Waals surface area contributed by atoms with Gasteiger partial charge in [-0.2, -0.15) is 0 Å². The Labute approximate surface area is 169 Å². The topological polar surface area (TPSA) is 89.8 Å². The van der Waals surface area contributed by atoms with Crippen molar-refractivity contribution in [3.05, 3.63) is 52.7 Å². The van der Waals surface area contributed by atoms with Crippen LogP contribution < -0.4 is 10.9 Å². The molecule has 1 aliphatic carbocycles. The number of fused-ring (bicyclic) bond motifs is 1. The highest BCUT2D eigenvalue weighted by Crippen LogP contribution is 2.24. The Morgan fingerprint density at radius 2 is 1.86 bits per heavy atom. The standard InChI is InChI=1S/C22H25N5O2/c1-3-27-20-15(11-16(13-25-20)19-23-9-4-10-24-19)12-18(22(27)29)21(28)26-17-7-5-14(2)6-8-17/h4,9-14,17H,3,5-8H2,1-2H3,(H,26,28). The van der Waals surface area contributed by atoms with Crippen molar-refractivity contribution in [1.82, 2.24) is 24.8 Å². The zero-order chi connectivity index (χ0) is 20.4. The third-order valence-electron chi connectivity index (χ3n) is 5.66. The van der Waals surface area contributed by atoms with Crippen LogP contribution in [0.1, 0.15) is 49.9 Å². The highest BCUT2D eigenvalue weighted by Gasteiger charge is 2.23. The lowest BCUT2D eigenvalue weighted by Crippen LogP contribution is -2.40. The zero-order valence-electron chi connectivity index (χ0n) is 16.8. The molecule has 0 unspecified atom stereocenters. The van der Waals surface area contributed by atoms with E-state index < -0.39 is 0 Å². The lowest BCUT2D eigenvalue weighted by Gasteiger charge is -2.26. The Bertz CT molecular complexity index is 1090. The molecule has 1 amide bonds. The molecule has 3 heterocycles. The Kier molecular flexibility index (Phi) is 5.38. The second-order valence-electron chi connectivity index (χ2n) is 7.75. The maximum Gasteiger partial charge on any atom is 0.265 e. The molecular weight excluding hydrogens is 366 g/mol. The van der Waals surface area contributed by atoms with Crippen LogP contribution in [-0.4, -0.2) is 31.5 Å². The molecule has 0 radical (unpaired) electrons. The normalized spacial score (nSPS) is 19.2. The third kappa shape index (κ3) is 3.90. The van der Waals surface area contributed by atoms with Gasteiger partial charge in [-0.3, -0.25) is 14.2 Å². The van der Waals surface area contributed by atoms with E-state index in [9.17, 15) is 9.59 Å². The summed E-state index contributed by atoms with van der Waals surface area (Å²) in [5, 5.41) is 3.78. The summed E-state index contributed by atoms with van der Waals surface area (Å²) < 4.78 is 1.54. The summed E-state index contributed by atoms with van der Waals surface area (Å²) in [6, 6.07) is 5.40. The van der Waals surface area contributed by atoms with Crippen LogP contribution in [0.15, 0.2) is 41.6 Å². The van der Waals surface area contributed by atoms with E-state index in [2.05, 4.69) is 27.2 Å². The molecular formula is C22H25N5O2. The highest BCUT2D eigenvalue weighted by atomic mass is 16.2. The molecule has 0 bridgehead atoms. The molecule has 0 aliphatic heterocycles. The van der Waals surface area contributed by atoms with Crippen LogP contribution in [0.2, 0.25) is 0 Å². The number of hydrogen-bond donors (Lipinski definition) is 1. The lowest BCUT2D eigenvalue weighted by molar-refractivity contribution is 0.0921.